The minimum Gasteiger partial charge on any atom is -0.365 e. The van der Waals surface area contributed by atoms with E-state index in [1.54, 1.807) is 0 Å². The topological polar surface area (TPSA) is 12.5 Å². The summed E-state index contributed by atoms with van der Waals surface area (Å²) < 4.78 is 4.95. The molecule has 2 atom stereocenters. The zero-order valence-corrected chi connectivity index (χ0v) is 3.85. The molecule has 0 aromatic rings. The van der Waals surface area contributed by atoms with Gasteiger partial charge >= 0.3 is 0 Å². The van der Waals surface area contributed by atoms with Crippen molar-refractivity contribution in [1.29, 1.82) is 0 Å². The van der Waals surface area contributed by atoms with Gasteiger partial charge in [-0.1, -0.05) is 6.08 Å². The third-order valence-corrected chi connectivity index (χ3v) is 0.990. The van der Waals surface area contributed by atoms with E-state index in [1.165, 1.54) is 0 Å². The van der Waals surface area contributed by atoms with Crippen molar-refractivity contribution in [1.82, 2.24) is 0 Å². The summed E-state index contributed by atoms with van der Waals surface area (Å²) in [4.78, 5) is 0. The smallest absolute Gasteiger partial charge is 0.102 e. The molecule has 0 bridgehead atoms. The first-order valence-electron chi connectivity index (χ1n) is 2.12. The molecule has 0 N–H and O–H groups in total. The molecular formula is C5H8O. The van der Waals surface area contributed by atoms with Crippen molar-refractivity contribution in [2.24, 2.45) is 0 Å². The molecule has 0 aromatic carbocycles. The average Bonchev–Trinajstić information content (AvgIpc) is 2.19. The Kier molecular flexibility index (Phi) is 0.701. The lowest BCUT2D eigenvalue weighted by atomic mass is 10.3. The van der Waals surface area contributed by atoms with Crippen LogP contribution in [0.5, 0.6) is 0 Å². The molecule has 0 spiro atoms. The average molecular weight is 84.1 g/mol. The number of hydrogen-bond acceptors (Lipinski definition) is 1. The first kappa shape index (κ1) is 3.88. The van der Waals surface area contributed by atoms with Crippen LogP contribution in [0.1, 0.15) is 6.92 Å². The third-order valence-electron chi connectivity index (χ3n) is 0.990. The Balaban J connectivity index is 2.25. The predicted molar refractivity (Wildman–Crippen MR) is 24.5 cm³/mol. The molecule has 0 amide bonds. The van der Waals surface area contributed by atoms with Crippen LogP contribution in [-0.4, -0.2) is 12.2 Å². The molecule has 1 heterocycles. The van der Waals surface area contributed by atoms with E-state index in [1.807, 2.05) is 13.0 Å². The normalized spacial score (nSPS) is 42.2. The first-order chi connectivity index (χ1) is 2.84. The van der Waals surface area contributed by atoms with Crippen LogP contribution in [0.15, 0.2) is 12.7 Å². The van der Waals surface area contributed by atoms with Crippen LogP contribution in [0.2, 0.25) is 0 Å². The molecule has 1 heteroatoms. The van der Waals surface area contributed by atoms with Gasteiger partial charge in [-0.3, -0.25) is 0 Å². The lowest BCUT2D eigenvalue weighted by Crippen LogP contribution is -1.77. The van der Waals surface area contributed by atoms with Crippen LogP contribution in [-0.2, 0) is 4.74 Å². The molecule has 0 unspecified atom stereocenters. The minimum absolute atomic E-state index is 0.366. The monoisotopic (exact) mass is 84.1 g/mol. The van der Waals surface area contributed by atoms with E-state index in [2.05, 4.69) is 6.58 Å². The SMILES string of the molecule is C=C[C@H]1O[C@H]1C. The highest BCUT2D eigenvalue weighted by atomic mass is 16.6. The summed E-state index contributed by atoms with van der Waals surface area (Å²) in [6.07, 6.45) is 2.64. The van der Waals surface area contributed by atoms with Gasteiger partial charge in [0.1, 0.15) is 6.10 Å². The lowest BCUT2D eigenvalue weighted by Gasteiger charge is -1.63. The summed E-state index contributed by atoms with van der Waals surface area (Å²) >= 11 is 0. The fourth-order valence-electron chi connectivity index (χ4n) is 0.450. The van der Waals surface area contributed by atoms with Gasteiger partial charge in [0, 0.05) is 0 Å². The Labute approximate surface area is 37.6 Å². The summed E-state index contributed by atoms with van der Waals surface area (Å²) in [6, 6.07) is 0. The molecule has 1 fully saturated rings. The molecule has 1 saturated heterocycles. The van der Waals surface area contributed by atoms with Crippen molar-refractivity contribution in [3.05, 3.63) is 12.7 Å². The minimum atomic E-state index is 0.366. The molecule has 6 heavy (non-hydrogen) atoms. The van der Waals surface area contributed by atoms with Crippen molar-refractivity contribution in [2.45, 2.75) is 19.1 Å². The molecule has 34 valence electrons. The molecule has 0 aromatic heterocycles. The second kappa shape index (κ2) is 1.09. The molecule has 0 aliphatic carbocycles. The highest BCUT2D eigenvalue weighted by Crippen LogP contribution is 2.20. The molecule has 0 saturated carbocycles. The Bertz CT molecular complexity index is 68.3. The second-order valence-corrected chi connectivity index (χ2v) is 1.54. The Hall–Kier alpha value is -0.300. The Morgan fingerprint density at radius 2 is 2.33 bits per heavy atom. The number of epoxide rings is 1. The van der Waals surface area contributed by atoms with Gasteiger partial charge in [0.2, 0.25) is 0 Å². The fourth-order valence-corrected chi connectivity index (χ4v) is 0.450. The van der Waals surface area contributed by atoms with E-state index in [0.29, 0.717) is 12.2 Å². The maximum Gasteiger partial charge on any atom is 0.102 e. The zero-order chi connectivity index (χ0) is 4.57. The number of hydrogen-bond donors (Lipinski definition) is 0. The van der Waals surface area contributed by atoms with Gasteiger partial charge in [-0.05, 0) is 6.92 Å². The predicted octanol–water partition coefficient (Wildman–Crippen LogP) is 0.960. The van der Waals surface area contributed by atoms with Crippen molar-refractivity contribution < 1.29 is 4.74 Å². The van der Waals surface area contributed by atoms with Crippen LogP contribution < -0.4 is 0 Å². The molecule has 1 aliphatic rings. The molecule has 0 radical (unpaired) electrons. The molecule has 1 nitrogen and oxygen atoms in total. The summed E-state index contributed by atoms with van der Waals surface area (Å²) in [5, 5.41) is 0. The molecular weight excluding hydrogens is 76.1 g/mol. The Morgan fingerprint density at radius 1 is 1.83 bits per heavy atom. The highest BCUT2D eigenvalue weighted by Gasteiger charge is 2.30. The van der Waals surface area contributed by atoms with Crippen LogP contribution in [0.4, 0.5) is 0 Å². The van der Waals surface area contributed by atoms with E-state index in [0.717, 1.165) is 0 Å². The van der Waals surface area contributed by atoms with Gasteiger partial charge in [0.15, 0.2) is 0 Å². The summed E-state index contributed by atoms with van der Waals surface area (Å²) in [5.41, 5.74) is 0. The first-order valence-corrected chi connectivity index (χ1v) is 2.12. The summed E-state index contributed by atoms with van der Waals surface area (Å²) in [7, 11) is 0. The van der Waals surface area contributed by atoms with E-state index in [9.17, 15) is 0 Å². The van der Waals surface area contributed by atoms with Crippen LogP contribution in [0, 0.1) is 0 Å². The van der Waals surface area contributed by atoms with Crippen LogP contribution in [0.3, 0.4) is 0 Å². The molecule has 1 aliphatic heterocycles. The van der Waals surface area contributed by atoms with E-state index < -0.39 is 0 Å². The fraction of sp³-hybridized carbons (Fsp3) is 0.600. The van der Waals surface area contributed by atoms with Gasteiger partial charge in [0.25, 0.3) is 0 Å². The number of ether oxygens (including phenoxy) is 1. The van der Waals surface area contributed by atoms with E-state index >= 15 is 0 Å². The quantitative estimate of drug-likeness (QED) is 0.340. The lowest BCUT2D eigenvalue weighted by molar-refractivity contribution is 0.400. The Morgan fingerprint density at radius 3 is 2.33 bits per heavy atom. The van der Waals surface area contributed by atoms with Gasteiger partial charge in [0.05, 0.1) is 6.10 Å². The maximum absolute atomic E-state index is 4.95. The largest absolute Gasteiger partial charge is 0.365 e. The maximum atomic E-state index is 4.95. The zero-order valence-electron chi connectivity index (χ0n) is 3.85. The molecule has 1 rings (SSSR count). The third kappa shape index (κ3) is 0.455. The van der Waals surface area contributed by atoms with Crippen molar-refractivity contribution >= 4 is 0 Å². The highest BCUT2D eigenvalue weighted by molar-refractivity contribution is 4.95. The standard InChI is InChI=1S/C5H8O/c1-3-5-4(2)6-5/h3-5H,1H2,2H3/t4-,5+/m0/s1. The van der Waals surface area contributed by atoms with Gasteiger partial charge in [-0.25, -0.2) is 0 Å². The second-order valence-electron chi connectivity index (χ2n) is 1.54. The number of rotatable bonds is 1. The van der Waals surface area contributed by atoms with Crippen molar-refractivity contribution in [2.75, 3.05) is 0 Å². The van der Waals surface area contributed by atoms with Crippen molar-refractivity contribution in [3.8, 4) is 0 Å². The van der Waals surface area contributed by atoms with Crippen LogP contribution >= 0.6 is 0 Å². The van der Waals surface area contributed by atoms with Crippen LogP contribution in [0.25, 0.3) is 0 Å². The van der Waals surface area contributed by atoms with Crippen molar-refractivity contribution in [3.63, 3.8) is 0 Å². The summed E-state index contributed by atoms with van der Waals surface area (Å²) in [5.74, 6) is 0. The van der Waals surface area contributed by atoms with E-state index in [-0.39, 0.29) is 0 Å². The van der Waals surface area contributed by atoms with E-state index in [4.69, 9.17) is 4.74 Å². The summed E-state index contributed by atoms with van der Waals surface area (Å²) in [6.45, 7) is 5.58. The van der Waals surface area contributed by atoms with Gasteiger partial charge in [-0.2, -0.15) is 0 Å². The van der Waals surface area contributed by atoms with Gasteiger partial charge < -0.3 is 4.74 Å². The van der Waals surface area contributed by atoms with Gasteiger partial charge in [-0.15, -0.1) is 6.58 Å².